The molecule has 0 saturated carbocycles. The molecule has 1 saturated heterocycles. The van der Waals surface area contributed by atoms with E-state index in [9.17, 15) is 4.79 Å². The second-order valence-electron chi connectivity index (χ2n) is 8.30. The molecule has 0 bridgehead atoms. The van der Waals surface area contributed by atoms with Gasteiger partial charge in [-0.2, -0.15) is 0 Å². The molecule has 1 spiro atoms. The number of aliphatic imine (C=N–C) groups is 2. The fraction of sp³-hybridized carbons (Fsp3) is 0.400. The average molecular weight is 435 g/mol. The highest BCUT2D eigenvalue weighted by Gasteiger charge is 2.39. The number of carbonyl (C=O) groups is 1. The number of nitrogens with zero attached hydrogens (tertiary/aromatic N) is 3. The lowest BCUT2D eigenvalue weighted by Gasteiger charge is -2.34. The van der Waals surface area contributed by atoms with Crippen LogP contribution in [0.5, 0.6) is 0 Å². The van der Waals surface area contributed by atoms with Crippen molar-refractivity contribution in [3.8, 4) is 0 Å². The molecule has 2 aromatic rings. The summed E-state index contributed by atoms with van der Waals surface area (Å²) in [5.74, 6) is 0.291. The van der Waals surface area contributed by atoms with Gasteiger partial charge in [0, 0.05) is 37.2 Å². The predicted octanol–water partition coefficient (Wildman–Crippen LogP) is 4.69. The molecular weight excluding hydrogens is 404 g/mol. The predicted molar refractivity (Wildman–Crippen MR) is 131 cm³/mol. The molecule has 1 fully saturated rings. The van der Waals surface area contributed by atoms with Crippen molar-refractivity contribution in [1.29, 1.82) is 0 Å². The van der Waals surface area contributed by atoms with Crippen molar-refractivity contribution in [3.63, 3.8) is 0 Å². The highest BCUT2D eigenvalue weighted by molar-refractivity contribution is 8.16. The molecule has 2 aliphatic rings. The summed E-state index contributed by atoms with van der Waals surface area (Å²) in [5.41, 5.74) is 4.85. The van der Waals surface area contributed by atoms with Crippen molar-refractivity contribution in [2.24, 2.45) is 9.98 Å². The Kier molecular flexibility index (Phi) is 6.58. The van der Waals surface area contributed by atoms with Gasteiger partial charge < -0.3 is 10.2 Å². The largest absolute Gasteiger partial charge is 0.325 e. The van der Waals surface area contributed by atoms with E-state index in [1.165, 1.54) is 22.9 Å². The maximum atomic E-state index is 12.6. The first-order chi connectivity index (χ1) is 15.0. The lowest BCUT2D eigenvalue weighted by Crippen LogP contribution is -2.41. The van der Waals surface area contributed by atoms with E-state index < -0.39 is 0 Å². The van der Waals surface area contributed by atoms with Crippen LogP contribution in [0.3, 0.4) is 0 Å². The zero-order valence-electron chi connectivity index (χ0n) is 18.5. The number of piperidine rings is 1. The molecule has 1 amide bonds. The minimum absolute atomic E-state index is 0.0230. The van der Waals surface area contributed by atoms with Gasteiger partial charge in [-0.3, -0.25) is 9.79 Å². The monoisotopic (exact) mass is 434 g/mol. The van der Waals surface area contributed by atoms with Gasteiger partial charge in [0.1, 0.15) is 5.04 Å². The highest BCUT2D eigenvalue weighted by Crippen LogP contribution is 2.35. The van der Waals surface area contributed by atoms with Gasteiger partial charge in [0.05, 0.1) is 11.5 Å². The second-order valence-corrected chi connectivity index (χ2v) is 9.26. The van der Waals surface area contributed by atoms with Gasteiger partial charge in [0.15, 0.2) is 5.66 Å². The summed E-state index contributed by atoms with van der Waals surface area (Å²) in [6.45, 7) is 9.41. The summed E-state index contributed by atoms with van der Waals surface area (Å²) < 4.78 is 0. The van der Waals surface area contributed by atoms with Gasteiger partial charge in [-0.25, -0.2) is 4.99 Å². The Morgan fingerprint density at radius 1 is 1.06 bits per heavy atom. The Labute approximate surface area is 189 Å². The maximum Gasteiger partial charge on any atom is 0.234 e. The van der Waals surface area contributed by atoms with Crippen LogP contribution in [0.1, 0.15) is 36.5 Å². The van der Waals surface area contributed by atoms with Crippen LogP contribution in [-0.2, 0) is 4.79 Å². The molecule has 2 heterocycles. The third-order valence-electron chi connectivity index (χ3n) is 6.11. The first-order valence-electron chi connectivity index (χ1n) is 11.0. The van der Waals surface area contributed by atoms with Crippen LogP contribution in [0.25, 0.3) is 0 Å². The molecular formula is C25H30N4OS. The standard InChI is InChI=1S/C25H30N4OS/c1-4-29-14-12-25(13-15-29)27-23(20-8-6-5-7-9-20)24(28-25)31-17-22(30)26-21-11-10-18(2)19(3)16-21/h5-11,16H,4,12-15,17H2,1-3H3,(H,26,30). The van der Waals surface area contributed by atoms with Crippen molar-refractivity contribution >= 4 is 34.1 Å². The topological polar surface area (TPSA) is 57.1 Å². The highest BCUT2D eigenvalue weighted by atomic mass is 32.2. The summed E-state index contributed by atoms with van der Waals surface area (Å²) >= 11 is 1.49. The first-order valence-corrected chi connectivity index (χ1v) is 11.9. The Balaban J connectivity index is 1.48. The van der Waals surface area contributed by atoms with Crippen molar-refractivity contribution in [3.05, 3.63) is 65.2 Å². The Morgan fingerprint density at radius 3 is 2.48 bits per heavy atom. The van der Waals surface area contributed by atoms with Gasteiger partial charge in [-0.1, -0.05) is 55.1 Å². The van der Waals surface area contributed by atoms with E-state index in [0.717, 1.165) is 54.5 Å². The minimum Gasteiger partial charge on any atom is -0.325 e. The zero-order valence-corrected chi connectivity index (χ0v) is 19.3. The molecule has 0 aromatic heterocycles. The Bertz CT molecular complexity index is 1010. The van der Waals surface area contributed by atoms with Gasteiger partial charge in [-0.05, 0) is 43.7 Å². The summed E-state index contributed by atoms with van der Waals surface area (Å²) in [5, 5.41) is 3.89. The van der Waals surface area contributed by atoms with E-state index in [0.29, 0.717) is 5.75 Å². The number of hydrogen-bond donors (Lipinski definition) is 1. The van der Waals surface area contributed by atoms with Crippen molar-refractivity contribution in [2.45, 2.75) is 39.3 Å². The molecule has 2 aromatic carbocycles. The SMILES string of the molecule is CCN1CCC2(CC1)N=C(SCC(=O)Nc1ccc(C)c(C)c1)C(c1ccccc1)=N2. The molecule has 2 aliphatic heterocycles. The number of benzene rings is 2. The second kappa shape index (κ2) is 9.37. The quantitative estimate of drug-likeness (QED) is 0.743. The number of aryl methyl sites for hydroxylation is 2. The van der Waals surface area contributed by atoms with Crippen LogP contribution in [-0.4, -0.2) is 52.6 Å². The van der Waals surface area contributed by atoms with Crippen molar-refractivity contribution in [2.75, 3.05) is 30.7 Å². The van der Waals surface area contributed by atoms with E-state index in [2.05, 4.69) is 43.1 Å². The number of carbonyl (C=O) groups excluding carboxylic acids is 1. The smallest absolute Gasteiger partial charge is 0.234 e. The Hall–Kier alpha value is -2.44. The van der Waals surface area contributed by atoms with Gasteiger partial charge >= 0.3 is 0 Å². The molecule has 5 nitrogen and oxygen atoms in total. The lowest BCUT2D eigenvalue weighted by atomic mass is 9.98. The number of amides is 1. The molecule has 162 valence electrons. The number of nitrogens with one attached hydrogen (secondary N) is 1. The molecule has 0 radical (unpaired) electrons. The fourth-order valence-electron chi connectivity index (χ4n) is 4.01. The molecule has 4 rings (SSSR count). The number of anilines is 1. The van der Waals surface area contributed by atoms with Gasteiger partial charge in [0.25, 0.3) is 0 Å². The lowest BCUT2D eigenvalue weighted by molar-refractivity contribution is -0.113. The fourth-order valence-corrected chi connectivity index (χ4v) is 4.88. The molecule has 31 heavy (non-hydrogen) atoms. The third kappa shape index (κ3) is 5.08. The van der Waals surface area contributed by atoms with Gasteiger partial charge in [0.2, 0.25) is 5.91 Å². The number of hydrogen-bond acceptors (Lipinski definition) is 5. The van der Waals surface area contributed by atoms with Crippen molar-refractivity contribution < 1.29 is 4.79 Å². The first kappa shape index (κ1) is 21.8. The summed E-state index contributed by atoms with van der Waals surface area (Å²) in [6.07, 6.45) is 1.85. The van der Waals surface area contributed by atoms with E-state index >= 15 is 0 Å². The van der Waals surface area contributed by atoms with Crippen LogP contribution in [0, 0.1) is 13.8 Å². The number of likely N-dealkylation sites (tertiary alicyclic amines) is 1. The number of rotatable bonds is 5. The van der Waals surface area contributed by atoms with E-state index in [1.54, 1.807) is 0 Å². The van der Waals surface area contributed by atoms with E-state index in [4.69, 9.17) is 9.98 Å². The average Bonchev–Trinajstić information content (AvgIpc) is 3.14. The van der Waals surface area contributed by atoms with E-state index in [1.807, 2.05) is 36.4 Å². The molecule has 0 unspecified atom stereocenters. The molecule has 0 atom stereocenters. The summed E-state index contributed by atoms with van der Waals surface area (Å²) in [6, 6.07) is 16.2. The summed E-state index contributed by atoms with van der Waals surface area (Å²) in [7, 11) is 0. The van der Waals surface area contributed by atoms with Crippen LogP contribution < -0.4 is 5.32 Å². The van der Waals surface area contributed by atoms with Crippen LogP contribution in [0.4, 0.5) is 5.69 Å². The third-order valence-corrected chi connectivity index (χ3v) is 7.08. The zero-order chi connectivity index (χ0) is 21.8. The van der Waals surface area contributed by atoms with Gasteiger partial charge in [-0.15, -0.1) is 0 Å². The van der Waals surface area contributed by atoms with Crippen LogP contribution in [0.15, 0.2) is 58.5 Å². The van der Waals surface area contributed by atoms with Crippen LogP contribution in [0.2, 0.25) is 0 Å². The normalized spacial score (nSPS) is 18.0. The maximum absolute atomic E-state index is 12.6. The van der Waals surface area contributed by atoms with Crippen LogP contribution >= 0.6 is 11.8 Å². The molecule has 1 N–H and O–H groups in total. The number of thioether (sulfide) groups is 1. The Morgan fingerprint density at radius 2 is 1.81 bits per heavy atom. The summed E-state index contributed by atoms with van der Waals surface area (Å²) in [4.78, 5) is 25.3. The van der Waals surface area contributed by atoms with Crippen molar-refractivity contribution in [1.82, 2.24) is 4.90 Å². The molecule has 6 heteroatoms. The molecule has 0 aliphatic carbocycles. The minimum atomic E-state index is -0.371. The van der Waals surface area contributed by atoms with E-state index in [-0.39, 0.29) is 11.6 Å².